The third-order valence-electron chi connectivity index (χ3n) is 3.87. The highest BCUT2D eigenvalue weighted by Gasteiger charge is 2.15. The molecule has 0 saturated heterocycles. The van der Waals surface area contributed by atoms with Crippen molar-refractivity contribution in [3.63, 3.8) is 0 Å². The van der Waals surface area contributed by atoms with E-state index in [1.165, 1.54) is 0 Å². The molecule has 0 aliphatic heterocycles. The van der Waals surface area contributed by atoms with Crippen molar-refractivity contribution in [3.8, 4) is 5.75 Å². The number of carbonyl (C=O) groups is 1. The second-order valence-electron chi connectivity index (χ2n) is 5.92. The SMILES string of the molecule is COc1ccccc1C(C)NC(=O)CN(C)Cc1cccc(Cl)c1Cl. The van der Waals surface area contributed by atoms with Crippen LogP contribution in [-0.2, 0) is 11.3 Å². The summed E-state index contributed by atoms with van der Waals surface area (Å²) < 4.78 is 5.34. The van der Waals surface area contributed by atoms with Crippen molar-refractivity contribution < 1.29 is 9.53 Å². The molecule has 2 rings (SSSR count). The van der Waals surface area contributed by atoms with E-state index < -0.39 is 0 Å². The summed E-state index contributed by atoms with van der Waals surface area (Å²) in [5, 5.41) is 4.04. The van der Waals surface area contributed by atoms with Crippen molar-refractivity contribution >= 4 is 29.1 Å². The van der Waals surface area contributed by atoms with Gasteiger partial charge in [0.15, 0.2) is 0 Å². The zero-order valence-corrected chi connectivity index (χ0v) is 16.1. The maximum absolute atomic E-state index is 12.3. The molecule has 4 nitrogen and oxygen atoms in total. The van der Waals surface area contributed by atoms with E-state index in [1.807, 2.05) is 55.3 Å². The number of likely N-dealkylation sites (N-methyl/N-ethyl adjacent to an activating group) is 1. The Hall–Kier alpha value is -1.75. The molecule has 0 saturated carbocycles. The van der Waals surface area contributed by atoms with E-state index in [4.69, 9.17) is 27.9 Å². The van der Waals surface area contributed by atoms with E-state index in [-0.39, 0.29) is 18.5 Å². The standard InChI is InChI=1S/C19H22Cl2N2O2/c1-13(15-8-4-5-10-17(15)25-3)22-18(24)12-23(2)11-14-7-6-9-16(20)19(14)21/h4-10,13H,11-12H2,1-3H3,(H,22,24). The molecule has 0 heterocycles. The van der Waals surface area contributed by atoms with Gasteiger partial charge >= 0.3 is 0 Å². The Kier molecular flexibility index (Phi) is 7.12. The van der Waals surface area contributed by atoms with Crippen molar-refractivity contribution in [3.05, 3.63) is 63.6 Å². The van der Waals surface area contributed by atoms with Crippen LogP contribution in [0.2, 0.25) is 10.0 Å². The summed E-state index contributed by atoms with van der Waals surface area (Å²) in [5.41, 5.74) is 1.83. The maximum Gasteiger partial charge on any atom is 0.234 e. The van der Waals surface area contributed by atoms with Crippen molar-refractivity contribution in [1.29, 1.82) is 0 Å². The summed E-state index contributed by atoms with van der Waals surface area (Å²) in [7, 11) is 3.49. The van der Waals surface area contributed by atoms with Gasteiger partial charge in [0, 0.05) is 12.1 Å². The Labute approximate surface area is 158 Å². The molecule has 0 bridgehead atoms. The fourth-order valence-electron chi connectivity index (χ4n) is 2.65. The fourth-order valence-corrected chi connectivity index (χ4v) is 3.03. The van der Waals surface area contributed by atoms with Crippen LogP contribution in [-0.4, -0.2) is 31.5 Å². The maximum atomic E-state index is 12.3. The van der Waals surface area contributed by atoms with Crippen LogP contribution in [0.15, 0.2) is 42.5 Å². The lowest BCUT2D eigenvalue weighted by molar-refractivity contribution is -0.122. The highest BCUT2D eigenvalue weighted by atomic mass is 35.5. The van der Waals surface area contributed by atoms with Gasteiger partial charge in [-0.3, -0.25) is 9.69 Å². The van der Waals surface area contributed by atoms with Gasteiger partial charge in [0.1, 0.15) is 5.75 Å². The molecular formula is C19H22Cl2N2O2. The number of methoxy groups -OCH3 is 1. The predicted molar refractivity (Wildman–Crippen MR) is 102 cm³/mol. The number of amides is 1. The number of ether oxygens (including phenoxy) is 1. The zero-order valence-electron chi connectivity index (χ0n) is 14.6. The molecule has 2 aromatic carbocycles. The molecular weight excluding hydrogens is 359 g/mol. The molecule has 0 fully saturated rings. The molecule has 134 valence electrons. The molecule has 0 aliphatic carbocycles. The van der Waals surface area contributed by atoms with Crippen LogP contribution in [0.3, 0.4) is 0 Å². The van der Waals surface area contributed by atoms with E-state index in [2.05, 4.69) is 5.32 Å². The Balaban J connectivity index is 1.94. The van der Waals surface area contributed by atoms with Gasteiger partial charge in [-0.2, -0.15) is 0 Å². The summed E-state index contributed by atoms with van der Waals surface area (Å²) in [6, 6.07) is 13.0. The first kappa shape index (κ1) is 19.6. The first-order chi connectivity index (χ1) is 11.9. The Morgan fingerprint density at radius 3 is 2.64 bits per heavy atom. The number of rotatable bonds is 7. The van der Waals surface area contributed by atoms with Gasteiger partial charge in [0.25, 0.3) is 0 Å². The molecule has 2 aromatic rings. The number of benzene rings is 2. The molecule has 0 radical (unpaired) electrons. The van der Waals surface area contributed by atoms with Crippen LogP contribution in [0.4, 0.5) is 0 Å². The van der Waals surface area contributed by atoms with E-state index in [9.17, 15) is 4.79 Å². The Bertz CT molecular complexity index is 737. The number of hydrogen-bond donors (Lipinski definition) is 1. The van der Waals surface area contributed by atoms with Crippen LogP contribution < -0.4 is 10.1 Å². The van der Waals surface area contributed by atoms with Crippen LogP contribution in [0, 0.1) is 0 Å². The average Bonchev–Trinajstić information content (AvgIpc) is 2.58. The normalized spacial score (nSPS) is 12.1. The van der Waals surface area contributed by atoms with E-state index in [0.29, 0.717) is 16.6 Å². The largest absolute Gasteiger partial charge is 0.496 e. The van der Waals surface area contributed by atoms with Crippen molar-refractivity contribution in [2.45, 2.75) is 19.5 Å². The number of nitrogens with one attached hydrogen (secondary N) is 1. The molecule has 1 unspecified atom stereocenters. The smallest absolute Gasteiger partial charge is 0.234 e. The minimum atomic E-state index is -0.146. The molecule has 1 atom stereocenters. The summed E-state index contributed by atoms with van der Waals surface area (Å²) in [6.45, 7) is 2.72. The lowest BCUT2D eigenvalue weighted by Crippen LogP contribution is -2.36. The second-order valence-corrected chi connectivity index (χ2v) is 6.70. The molecule has 0 aromatic heterocycles. The van der Waals surface area contributed by atoms with Gasteiger partial charge in [0.2, 0.25) is 5.91 Å². The lowest BCUT2D eigenvalue weighted by atomic mass is 10.1. The van der Waals surface area contributed by atoms with Gasteiger partial charge in [0.05, 0.1) is 29.7 Å². The van der Waals surface area contributed by atoms with Crippen LogP contribution in [0.5, 0.6) is 5.75 Å². The third-order valence-corrected chi connectivity index (χ3v) is 4.73. The average molecular weight is 381 g/mol. The first-order valence-corrected chi connectivity index (χ1v) is 8.71. The van der Waals surface area contributed by atoms with E-state index in [1.54, 1.807) is 13.2 Å². The molecule has 6 heteroatoms. The zero-order chi connectivity index (χ0) is 18.4. The van der Waals surface area contributed by atoms with Gasteiger partial charge < -0.3 is 10.1 Å². The lowest BCUT2D eigenvalue weighted by Gasteiger charge is -2.21. The molecule has 1 N–H and O–H groups in total. The summed E-state index contributed by atoms with van der Waals surface area (Å²) >= 11 is 12.2. The quantitative estimate of drug-likeness (QED) is 0.777. The summed E-state index contributed by atoms with van der Waals surface area (Å²) in [6.07, 6.45) is 0. The number of hydrogen-bond acceptors (Lipinski definition) is 3. The van der Waals surface area contributed by atoms with Gasteiger partial charge in [-0.05, 0) is 31.7 Å². The molecule has 1 amide bonds. The van der Waals surface area contributed by atoms with Crippen LogP contribution >= 0.6 is 23.2 Å². The van der Waals surface area contributed by atoms with Gasteiger partial charge in [-0.1, -0.05) is 53.5 Å². The van der Waals surface area contributed by atoms with Crippen molar-refractivity contribution in [2.24, 2.45) is 0 Å². The highest BCUT2D eigenvalue weighted by Crippen LogP contribution is 2.26. The number of nitrogens with zero attached hydrogens (tertiary/aromatic N) is 1. The fraction of sp³-hybridized carbons (Fsp3) is 0.316. The van der Waals surface area contributed by atoms with Crippen LogP contribution in [0.25, 0.3) is 0 Å². The highest BCUT2D eigenvalue weighted by molar-refractivity contribution is 6.42. The van der Waals surface area contributed by atoms with Gasteiger partial charge in [-0.25, -0.2) is 0 Å². The first-order valence-electron chi connectivity index (χ1n) is 7.96. The summed E-state index contributed by atoms with van der Waals surface area (Å²) in [5.74, 6) is 0.688. The van der Waals surface area contributed by atoms with Gasteiger partial charge in [-0.15, -0.1) is 0 Å². The molecule has 0 spiro atoms. The van der Waals surface area contributed by atoms with Crippen LogP contribution in [0.1, 0.15) is 24.1 Å². The number of carbonyl (C=O) groups excluding carboxylic acids is 1. The van der Waals surface area contributed by atoms with E-state index >= 15 is 0 Å². The number of halogens is 2. The Morgan fingerprint density at radius 1 is 1.20 bits per heavy atom. The molecule has 0 aliphatic rings. The molecule has 25 heavy (non-hydrogen) atoms. The minimum Gasteiger partial charge on any atom is -0.496 e. The van der Waals surface area contributed by atoms with Crippen molar-refractivity contribution in [1.82, 2.24) is 10.2 Å². The minimum absolute atomic E-state index is 0.0703. The Morgan fingerprint density at radius 2 is 1.92 bits per heavy atom. The summed E-state index contributed by atoms with van der Waals surface area (Å²) in [4.78, 5) is 14.2. The third kappa shape index (κ3) is 5.36. The van der Waals surface area contributed by atoms with E-state index in [0.717, 1.165) is 16.9 Å². The van der Waals surface area contributed by atoms with Crippen molar-refractivity contribution in [2.75, 3.05) is 20.7 Å². The predicted octanol–water partition coefficient (Wildman–Crippen LogP) is 4.31. The topological polar surface area (TPSA) is 41.6 Å². The monoisotopic (exact) mass is 380 g/mol. The second kappa shape index (κ2) is 9.09. The number of para-hydroxylation sites is 1.